The quantitative estimate of drug-likeness (QED) is 0.00882. The maximum absolute atomic E-state index is 14.7. The molecular weight excluding hydrogens is 1060 g/mol. The van der Waals surface area contributed by atoms with E-state index >= 15 is 0 Å². The van der Waals surface area contributed by atoms with Gasteiger partial charge in [-0.05, 0) is 67.0 Å². The lowest BCUT2D eigenvalue weighted by Crippen LogP contribution is -2.60. The van der Waals surface area contributed by atoms with E-state index in [1.54, 1.807) is 61.0 Å². The second-order valence-electron chi connectivity index (χ2n) is 18.2. The number of esters is 1. The van der Waals surface area contributed by atoms with Gasteiger partial charge in [0.1, 0.15) is 48.5 Å². The number of nitrogens with two attached hydrogens (primary N) is 2. The molecule has 0 aliphatic carbocycles. The van der Waals surface area contributed by atoms with Crippen molar-refractivity contribution in [2.24, 2.45) is 16.5 Å². The minimum Gasteiger partial charge on any atom is -0.481 e. The number of benzene rings is 3. The van der Waals surface area contributed by atoms with Crippen molar-refractivity contribution < 1.29 is 62.9 Å². The number of aliphatic imine (C=N–C) groups is 1. The van der Waals surface area contributed by atoms with Crippen LogP contribution in [-0.4, -0.2) is 152 Å². The Morgan fingerprint density at radius 1 is 0.650 bits per heavy atom. The number of guanidine groups is 1. The molecule has 0 fully saturated rings. The van der Waals surface area contributed by atoms with Gasteiger partial charge in [0.05, 0.1) is 11.9 Å². The van der Waals surface area contributed by atoms with Gasteiger partial charge < -0.3 is 73.6 Å². The molecule has 15 N–H and O–H groups in total. The van der Waals surface area contributed by atoms with Gasteiger partial charge >= 0.3 is 17.9 Å². The molecule has 26 nitrogen and oxygen atoms in total. The Kier molecular flexibility index (Phi) is 24.0. The van der Waals surface area contributed by atoms with Crippen LogP contribution < -0.4 is 53.4 Å². The molecule has 0 aliphatic heterocycles. The summed E-state index contributed by atoms with van der Waals surface area (Å²) in [6.07, 6.45) is 4.53. The number of aliphatic carboxylic acids is 2. The van der Waals surface area contributed by atoms with E-state index in [2.05, 4.69) is 57.2 Å². The molecule has 0 radical (unpaired) electrons. The Balaban J connectivity index is 1.43. The average molecular weight is 1120 g/mol. The summed E-state index contributed by atoms with van der Waals surface area (Å²) >= 11 is 1.35. The fraction of sp³-hybridized carbons (Fsp3) is 0.358. The molecule has 80 heavy (non-hydrogen) atoms. The number of carbonyl (C=O) groups is 10. The second kappa shape index (κ2) is 31.2. The van der Waals surface area contributed by atoms with Crippen molar-refractivity contribution in [1.82, 2.24) is 52.2 Å². The summed E-state index contributed by atoms with van der Waals surface area (Å²) in [4.78, 5) is 148. The standard InChI is InChI=1S/C53H65N13O13S/c1-30(67)79-43-17-9-7-14-35(43)46(72)61-39(20-22-80-2)50(76)63-38(18-19-44(68)69)49(75)66-42(25-33-27-56-29-60-33)52(78)64-40(23-31-11-4-3-5-12-31)51(77)62-37(16-10-21-57-53(54)55)48(74)65-41(47(73)59-28-45(70)71)24-32-26-58-36-15-8-6-13-34(32)36/h3-9,11-15,17,26-27,29,37-42,58H,10,16,18-25,28H2,1-2H3,(H,56,60)(H,59,73)(H,61,72)(H,62,77)(H,63,76)(H,64,78)(H,65,74)(H,66,75)(H,68,69)(H,70,71)(H4,54,55,57)/t37-,38-,39-,40-,41-,42-/m0/s1. The van der Waals surface area contributed by atoms with Crippen LogP contribution in [0.3, 0.4) is 0 Å². The Morgan fingerprint density at radius 2 is 1.23 bits per heavy atom. The van der Waals surface area contributed by atoms with Gasteiger partial charge in [0.15, 0.2) is 5.96 Å². The zero-order valence-electron chi connectivity index (χ0n) is 43.8. The van der Waals surface area contributed by atoms with Crippen LogP contribution in [0.2, 0.25) is 0 Å². The van der Waals surface area contributed by atoms with Crippen LogP contribution in [0, 0.1) is 0 Å². The Labute approximate surface area is 463 Å². The van der Waals surface area contributed by atoms with Crippen molar-refractivity contribution in [2.75, 3.05) is 25.1 Å². The van der Waals surface area contributed by atoms with Crippen LogP contribution in [-0.2, 0) is 62.4 Å². The van der Waals surface area contributed by atoms with Crippen molar-refractivity contribution in [3.63, 3.8) is 0 Å². The number of hydrogen-bond acceptors (Lipinski definition) is 14. The summed E-state index contributed by atoms with van der Waals surface area (Å²) in [6.45, 7) is 0.416. The number of para-hydroxylation sites is 2. The predicted octanol–water partition coefficient (Wildman–Crippen LogP) is -0.0609. The van der Waals surface area contributed by atoms with Crippen LogP contribution in [0.1, 0.15) is 66.2 Å². The summed E-state index contributed by atoms with van der Waals surface area (Å²) in [5.41, 5.74) is 13.3. The number of amides is 7. The number of rotatable bonds is 32. The summed E-state index contributed by atoms with van der Waals surface area (Å²) in [5.74, 6) is -9.49. The molecule has 0 bridgehead atoms. The van der Waals surface area contributed by atoms with Gasteiger partial charge in [-0.25, -0.2) is 4.98 Å². The third kappa shape index (κ3) is 19.9. The molecule has 0 aliphatic rings. The smallest absolute Gasteiger partial charge is 0.322 e. The van der Waals surface area contributed by atoms with E-state index in [1.165, 1.54) is 48.6 Å². The van der Waals surface area contributed by atoms with Gasteiger partial charge in [0.25, 0.3) is 5.91 Å². The number of imidazole rings is 1. The summed E-state index contributed by atoms with van der Waals surface area (Å²) in [7, 11) is 0. The minimum absolute atomic E-state index is 0.0200. The highest BCUT2D eigenvalue weighted by Gasteiger charge is 2.35. The number of ether oxygens (including phenoxy) is 1. The normalized spacial score (nSPS) is 13.1. The molecular formula is C53H65N13O13S. The van der Waals surface area contributed by atoms with Crippen molar-refractivity contribution >= 4 is 87.9 Å². The minimum atomic E-state index is -1.61. The Bertz CT molecular complexity index is 2990. The zero-order chi connectivity index (χ0) is 58.1. The first-order valence-electron chi connectivity index (χ1n) is 25.2. The van der Waals surface area contributed by atoms with Gasteiger partial charge in [-0.1, -0.05) is 60.7 Å². The third-order valence-corrected chi connectivity index (χ3v) is 12.8. The first-order chi connectivity index (χ1) is 38.3. The van der Waals surface area contributed by atoms with Crippen LogP contribution >= 0.6 is 11.8 Å². The van der Waals surface area contributed by atoms with Gasteiger partial charge in [0, 0.05) is 68.1 Å². The highest BCUT2D eigenvalue weighted by molar-refractivity contribution is 7.98. The number of nitrogens with zero attached hydrogens (tertiary/aromatic N) is 2. The molecule has 5 aromatic rings. The number of carboxylic acids is 2. The van der Waals surface area contributed by atoms with Crippen molar-refractivity contribution in [3.8, 4) is 5.75 Å². The third-order valence-electron chi connectivity index (χ3n) is 12.1. The number of nitrogens with one attached hydrogen (secondary N) is 9. The zero-order valence-corrected chi connectivity index (χ0v) is 44.6. The molecule has 0 saturated carbocycles. The molecule has 0 spiro atoms. The number of aromatic nitrogens is 3. The second-order valence-corrected chi connectivity index (χ2v) is 19.2. The number of aromatic amines is 2. The first-order valence-corrected chi connectivity index (χ1v) is 26.6. The van der Waals surface area contributed by atoms with Gasteiger partial charge in [-0.3, -0.25) is 52.9 Å². The van der Waals surface area contributed by atoms with E-state index in [4.69, 9.17) is 16.2 Å². The number of carboxylic acid groups (broad SMARTS) is 2. The maximum atomic E-state index is 14.7. The van der Waals surface area contributed by atoms with E-state index < -0.39 is 115 Å². The molecule has 426 valence electrons. The summed E-state index contributed by atoms with van der Waals surface area (Å²) < 4.78 is 5.18. The van der Waals surface area contributed by atoms with E-state index in [-0.39, 0.29) is 62.3 Å². The number of hydrogen-bond donors (Lipinski definition) is 13. The highest BCUT2D eigenvalue weighted by atomic mass is 32.2. The Morgan fingerprint density at radius 3 is 1.84 bits per heavy atom. The van der Waals surface area contributed by atoms with Gasteiger partial charge in [-0.2, -0.15) is 11.8 Å². The molecule has 2 heterocycles. The highest BCUT2D eigenvalue weighted by Crippen LogP contribution is 2.21. The van der Waals surface area contributed by atoms with E-state index in [9.17, 15) is 58.2 Å². The number of thioether (sulfide) groups is 1. The van der Waals surface area contributed by atoms with Crippen molar-refractivity contribution in [3.05, 3.63) is 120 Å². The summed E-state index contributed by atoms with van der Waals surface area (Å²) in [5, 5.41) is 37.9. The number of H-pyrrole nitrogens is 2. The topological polar surface area (TPSA) is 413 Å². The average Bonchev–Trinajstić information content (AvgIpc) is 4.14. The van der Waals surface area contributed by atoms with Crippen LogP contribution in [0.5, 0.6) is 5.75 Å². The molecule has 0 saturated heterocycles. The fourth-order valence-corrected chi connectivity index (χ4v) is 8.68. The lowest BCUT2D eigenvalue weighted by Gasteiger charge is -2.28. The molecule has 27 heteroatoms. The van der Waals surface area contributed by atoms with E-state index in [0.29, 0.717) is 22.6 Å². The SMILES string of the molecule is CSCC[C@H](NC(=O)c1ccccc1OC(C)=O)C(=O)N[C@@H](CCC(=O)O)C(=O)N[C@@H](Cc1cnc[nH]1)C(=O)N[C@@H](Cc1ccccc1)C(=O)N[C@@H](CCCN=C(N)N)C(=O)N[C@@H](Cc1c[nH]c2ccccc12)C(=O)NCC(=O)O. The largest absolute Gasteiger partial charge is 0.481 e. The first kappa shape index (κ1) is 61.6. The van der Waals surface area contributed by atoms with Crippen LogP contribution in [0.15, 0.2) is 103 Å². The Hall–Kier alpha value is -9.27. The molecule has 3 aromatic carbocycles. The molecule has 6 atom stereocenters. The fourth-order valence-electron chi connectivity index (χ4n) is 8.21. The van der Waals surface area contributed by atoms with Crippen molar-refractivity contribution in [2.45, 2.75) is 94.5 Å². The molecule has 5 rings (SSSR count). The maximum Gasteiger partial charge on any atom is 0.322 e. The predicted molar refractivity (Wildman–Crippen MR) is 294 cm³/mol. The monoisotopic (exact) mass is 1120 g/mol. The molecule has 0 unspecified atom stereocenters. The van der Waals surface area contributed by atoms with E-state index in [0.717, 1.165) is 17.8 Å². The number of carbonyl (C=O) groups excluding carboxylic acids is 8. The van der Waals surface area contributed by atoms with E-state index in [1.807, 2.05) is 6.07 Å². The number of fused-ring (bicyclic) bond motifs is 1. The van der Waals surface area contributed by atoms with Crippen LogP contribution in [0.4, 0.5) is 0 Å². The lowest BCUT2D eigenvalue weighted by molar-refractivity contribution is -0.139. The summed E-state index contributed by atoms with van der Waals surface area (Å²) in [6, 6.07) is 12.8. The molecule has 2 aromatic heterocycles. The van der Waals surface area contributed by atoms with Gasteiger partial charge in [0.2, 0.25) is 35.4 Å². The van der Waals surface area contributed by atoms with Crippen molar-refractivity contribution in [1.29, 1.82) is 0 Å². The molecule has 7 amide bonds. The lowest BCUT2D eigenvalue weighted by atomic mass is 10.0. The van der Waals surface area contributed by atoms with Crippen LogP contribution in [0.25, 0.3) is 10.9 Å². The van der Waals surface area contributed by atoms with Gasteiger partial charge in [-0.15, -0.1) is 0 Å².